The van der Waals surface area contributed by atoms with Crippen LogP contribution in [0.3, 0.4) is 0 Å². The SMILES string of the molecule is c1ccc(-c2nc(-c3ccccc3-c3cc4c(c5c3oc3ccccc35)OC(c3ccccc3)N4)nc(-c3cc4ccccc4c4ccccc34)n2)cc1. The van der Waals surface area contributed by atoms with Gasteiger partial charge in [0.05, 0.1) is 11.1 Å². The van der Waals surface area contributed by atoms with Gasteiger partial charge < -0.3 is 14.5 Å². The van der Waals surface area contributed by atoms with Gasteiger partial charge in [-0.2, -0.15) is 0 Å². The predicted molar refractivity (Wildman–Crippen MR) is 217 cm³/mol. The molecule has 0 fully saturated rings. The molecule has 1 aliphatic rings. The maximum atomic E-state index is 6.71. The van der Waals surface area contributed by atoms with Crippen molar-refractivity contribution in [3.63, 3.8) is 0 Å². The molecule has 6 nitrogen and oxygen atoms in total. The monoisotopic (exact) mass is 694 g/mol. The minimum Gasteiger partial charge on any atom is -0.464 e. The number of nitrogens with one attached hydrogen (secondary N) is 1. The van der Waals surface area contributed by atoms with E-state index in [2.05, 4.69) is 96.3 Å². The van der Waals surface area contributed by atoms with E-state index in [-0.39, 0.29) is 6.23 Å². The van der Waals surface area contributed by atoms with Crippen molar-refractivity contribution >= 4 is 49.2 Å². The van der Waals surface area contributed by atoms with Crippen molar-refractivity contribution < 1.29 is 9.15 Å². The van der Waals surface area contributed by atoms with Crippen LogP contribution in [-0.2, 0) is 0 Å². The van der Waals surface area contributed by atoms with Gasteiger partial charge in [0, 0.05) is 33.2 Å². The van der Waals surface area contributed by atoms with Crippen LogP contribution >= 0.6 is 0 Å². The molecule has 0 aliphatic carbocycles. The Morgan fingerprint density at radius 1 is 0.463 bits per heavy atom. The zero-order valence-corrected chi connectivity index (χ0v) is 28.9. The summed E-state index contributed by atoms with van der Waals surface area (Å²) in [5.74, 6) is 2.57. The first-order chi connectivity index (χ1) is 26.8. The highest BCUT2D eigenvalue weighted by atomic mass is 16.5. The lowest BCUT2D eigenvalue weighted by Gasteiger charge is -2.14. The first-order valence-corrected chi connectivity index (χ1v) is 18.1. The lowest BCUT2D eigenvalue weighted by atomic mass is 9.95. The maximum absolute atomic E-state index is 6.71. The molecule has 10 aromatic rings. The third-order valence-corrected chi connectivity index (χ3v) is 10.4. The molecule has 0 saturated heterocycles. The van der Waals surface area contributed by atoms with Crippen LogP contribution in [0.1, 0.15) is 11.8 Å². The van der Waals surface area contributed by atoms with Crippen molar-refractivity contribution in [2.45, 2.75) is 6.23 Å². The van der Waals surface area contributed by atoms with Gasteiger partial charge in [-0.3, -0.25) is 0 Å². The van der Waals surface area contributed by atoms with E-state index in [0.717, 1.165) is 82.9 Å². The van der Waals surface area contributed by atoms with Crippen molar-refractivity contribution in [1.82, 2.24) is 15.0 Å². The van der Waals surface area contributed by atoms with E-state index in [1.54, 1.807) is 0 Å². The van der Waals surface area contributed by atoms with Gasteiger partial charge in [0.15, 0.2) is 29.5 Å². The van der Waals surface area contributed by atoms with Gasteiger partial charge in [0.25, 0.3) is 0 Å². The smallest absolute Gasteiger partial charge is 0.196 e. The minimum atomic E-state index is -0.333. The fraction of sp³-hybridized carbons (Fsp3) is 0.0208. The molecule has 54 heavy (non-hydrogen) atoms. The predicted octanol–water partition coefficient (Wildman–Crippen LogP) is 12.2. The van der Waals surface area contributed by atoms with Gasteiger partial charge in [0.2, 0.25) is 0 Å². The van der Waals surface area contributed by atoms with E-state index >= 15 is 0 Å². The Bertz CT molecular complexity index is 3070. The molecule has 1 aliphatic heterocycles. The fourth-order valence-corrected chi connectivity index (χ4v) is 7.85. The zero-order valence-electron chi connectivity index (χ0n) is 28.9. The van der Waals surface area contributed by atoms with E-state index in [1.165, 1.54) is 5.39 Å². The van der Waals surface area contributed by atoms with Crippen LogP contribution in [0, 0.1) is 0 Å². The lowest BCUT2D eigenvalue weighted by molar-refractivity contribution is 0.263. The number of anilines is 1. The normalized spacial score (nSPS) is 13.7. The maximum Gasteiger partial charge on any atom is 0.196 e. The molecule has 11 rings (SSSR count). The summed E-state index contributed by atoms with van der Waals surface area (Å²) in [5.41, 5.74) is 8.07. The molecule has 1 N–H and O–H groups in total. The molecular weight excluding hydrogens is 665 g/mol. The van der Waals surface area contributed by atoms with E-state index in [9.17, 15) is 0 Å². The van der Waals surface area contributed by atoms with Crippen LogP contribution in [0.4, 0.5) is 5.69 Å². The van der Waals surface area contributed by atoms with Gasteiger partial charge >= 0.3 is 0 Å². The molecule has 3 heterocycles. The van der Waals surface area contributed by atoms with Gasteiger partial charge in [-0.25, -0.2) is 15.0 Å². The van der Waals surface area contributed by atoms with Gasteiger partial charge in [-0.05, 0) is 45.3 Å². The summed E-state index contributed by atoms with van der Waals surface area (Å²) in [6, 6.07) is 58.0. The van der Waals surface area contributed by atoms with E-state index in [0.29, 0.717) is 17.5 Å². The first-order valence-electron chi connectivity index (χ1n) is 18.1. The van der Waals surface area contributed by atoms with E-state index in [4.69, 9.17) is 24.1 Å². The standard InChI is InChI=1S/C48H30N4O2/c1-3-15-29(16-4-1)45-50-46(52-47(51-45)39-27-31-19-7-8-20-32(31)33-21-9-10-22-34(33)39)36-24-12-11-23-35(36)38-28-40-44(54-48(49-40)30-17-5-2-6-18-30)42-37-25-13-14-26-41(37)53-43(38)42/h1-28,48-49H. The Morgan fingerprint density at radius 2 is 1.07 bits per heavy atom. The second kappa shape index (κ2) is 12.1. The molecule has 1 unspecified atom stereocenters. The average Bonchev–Trinajstić information content (AvgIpc) is 3.86. The number of aromatic nitrogens is 3. The number of ether oxygens (including phenoxy) is 1. The number of rotatable bonds is 5. The second-order valence-corrected chi connectivity index (χ2v) is 13.6. The van der Waals surface area contributed by atoms with Crippen molar-refractivity contribution in [2.24, 2.45) is 0 Å². The summed E-state index contributed by atoms with van der Waals surface area (Å²) >= 11 is 0. The lowest BCUT2D eigenvalue weighted by Crippen LogP contribution is -2.09. The molecular formula is C48H30N4O2. The number of fused-ring (bicyclic) bond motifs is 8. The van der Waals surface area contributed by atoms with Crippen molar-refractivity contribution in [3.8, 4) is 51.0 Å². The number of nitrogens with zero attached hydrogens (tertiary/aromatic N) is 3. The number of hydrogen-bond acceptors (Lipinski definition) is 6. The summed E-state index contributed by atoms with van der Waals surface area (Å²) in [7, 11) is 0. The number of para-hydroxylation sites is 1. The summed E-state index contributed by atoms with van der Waals surface area (Å²) < 4.78 is 13.4. The van der Waals surface area contributed by atoms with Crippen molar-refractivity contribution in [1.29, 1.82) is 0 Å². The molecule has 0 saturated carbocycles. The molecule has 2 aromatic heterocycles. The molecule has 0 amide bonds. The van der Waals surface area contributed by atoms with Gasteiger partial charge in [0.1, 0.15) is 11.2 Å². The number of hydrogen-bond donors (Lipinski definition) is 1. The molecule has 254 valence electrons. The Morgan fingerprint density at radius 3 is 1.89 bits per heavy atom. The fourth-order valence-electron chi connectivity index (χ4n) is 7.85. The molecule has 8 aromatic carbocycles. The average molecular weight is 695 g/mol. The molecule has 0 spiro atoms. The van der Waals surface area contributed by atoms with Crippen LogP contribution in [0.15, 0.2) is 174 Å². The minimum absolute atomic E-state index is 0.333. The topological polar surface area (TPSA) is 73.1 Å². The molecule has 1 atom stereocenters. The Kier molecular flexibility index (Phi) is 6.82. The first kappa shape index (κ1) is 30.3. The molecule has 0 bridgehead atoms. The van der Waals surface area contributed by atoms with Gasteiger partial charge in [-0.15, -0.1) is 0 Å². The molecule has 0 radical (unpaired) electrons. The summed E-state index contributed by atoms with van der Waals surface area (Å²) in [6.45, 7) is 0. The van der Waals surface area contributed by atoms with Crippen LogP contribution < -0.4 is 10.1 Å². The summed E-state index contributed by atoms with van der Waals surface area (Å²) in [4.78, 5) is 15.6. The van der Waals surface area contributed by atoms with Crippen LogP contribution in [0.5, 0.6) is 5.75 Å². The Balaban J connectivity index is 1.16. The summed E-state index contributed by atoms with van der Waals surface area (Å²) in [6.07, 6.45) is -0.333. The van der Waals surface area contributed by atoms with Crippen LogP contribution in [0.25, 0.3) is 88.8 Å². The summed E-state index contributed by atoms with van der Waals surface area (Å²) in [5, 5.41) is 10.1. The third-order valence-electron chi connectivity index (χ3n) is 10.4. The van der Waals surface area contributed by atoms with Crippen LogP contribution in [-0.4, -0.2) is 15.0 Å². The third kappa shape index (κ3) is 4.85. The zero-order chi connectivity index (χ0) is 35.6. The van der Waals surface area contributed by atoms with Crippen molar-refractivity contribution in [2.75, 3.05) is 5.32 Å². The molecule has 6 heteroatoms. The number of benzene rings is 8. The highest BCUT2D eigenvalue weighted by molar-refractivity contribution is 6.16. The number of furan rings is 1. The highest BCUT2D eigenvalue weighted by Gasteiger charge is 2.30. The largest absolute Gasteiger partial charge is 0.464 e. The Hall–Kier alpha value is -7.31. The van der Waals surface area contributed by atoms with Crippen molar-refractivity contribution in [3.05, 3.63) is 175 Å². The second-order valence-electron chi connectivity index (χ2n) is 13.6. The highest BCUT2D eigenvalue weighted by Crippen LogP contribution is 2.51. The van der Waals surface area contributed by atoms with Gasteiger partial charge in [-0.1, -0.05) is 152 Å². The van der Waals surface area contributed by atoms with E-state index < -0.39 is 0 Å². The van der Waals surface area contributed by atoms with Crippen LogP contribution in [0.2, 0.25) is 0 Å². The Labute approximate surface area is 310 Å². The van der Waals surface area contributed by atoms with E-state index in [1.807, 2.05) is 78.9 Å². The quantitative estimate of drug-likeness (QED) is 0.181.